The normalized spacial score (nSPS) is 20.3. The van der Waals surface area contributed by atoms with Gasteiger partial charge in [0.15, 0.2) is 0 Å². The minimum atomic E-state index is -0.375. The van der Waals surface area contributed by atoms with Crippen LogP contribution in [0.5, 0.6) is 0 Å². The first-order valence-electron chi connectivity index (χ1n) is 9.60. The topological polar surface area (TPSA) is 35.5 Å². The van der Waals surface area contributed by atoms with Crippen LogP contribution in [0.2, 0.25) is 0 Å². The Morgan fingerprint density at radius 2 is 1.65 bits per heavy atom. The molecule has 1 rings (SSSR count). The first kappa shape index (κ1) is 20.5. The zero-order valence-electron chi connectivity index (χ0n) is 16.1. The molecule has 0 amide bonds. The van der Waals surface area contributed by atoms with Gasteiger partial charge < -0.3 is 9.47 Å². The predicted octanol–water partition coefficient (Wildman–Crippen LogP) is 4.37. The summed E-state index contributed by atoms with van der Waals surface area (Å²) < 4.78 is 11.7. The summed E-state index contributed by atoms with van der Waals surface area (Å²) in [7, 11) is 2.29. The van der Waals surface area contributed by atoms with E-state index in [9.17, 15) is 4.79 Å². The molecule has 1 aliphatic rings. The Bertz CT molecular complexity index is 341. The highest BCUT2D eigenvalue weighted by molar-refractivity contribution is 6.14. The van der Waals surface area contributed by atoms with Crippen molar-refractivity contribution in [2.45, 2.75) is 116 Å². The standard InChI is InChI=1S/C19H37BO3/c1-16(12-8-9-13-17(21)23-18(2,3)4)22-19(20)14-10-6-5-7-11-15-19/h16H,5-15,20H2,1-4H3. The Hall–Kier alpha value is -0.505. The predicted molar refractivity (Wildman–Crippen MR) is 98.5 cm³/mol. The third kappa shape index (κ3) is 10.1. The molecule has 0 aliphatic heterocycles. The van der Waals surface area contributed by atoms with Gasteiger partial charge in [0.2, 0.25) is 0 Å². The summed E-state index contributed by atoms with van der Waals surface area (Å²) in [6.45, 7) is 7.92. The van der Waals surface area contributed by atoms with E-state index < -0.39 is 0 Å². The second kappa shape index (κ2) is 9.71. The van der Waals surface area contributed by atoms with E-state index in [2.05, 4.69) is 14.8 Å². The Balaban J connectivity index is 2.20. The van der Waals surface area contributed by atoms with Crippen molar-refractivity contribution in [3.8, 4) is 0 Å². The van der Waals surface area contributed by atoms with E-state index >= 15 is 0 Å². The lowest BCUT2D eigenvalue weighted by Gasteiger charge is -2.35. The van der Waals surface area contributed by atoms with E-state index in [-0.39, 0.29) is 23.2 Å². The van der Waals surface area contributed by atoms with Crippen LogP contribution < -0.4 is 0 Å². The highest BCUT2D eigenvalue weighted by atomic mass is 16.6. The van der Waals surface area contributed by atoms with Crippen molar-refractivity contribution in [3.63, 3.8) is 0 Å². The molecule has 0 heterocycles. The minimum absolute atomic E-state index is 0.0605. The third-order valence-electron chi connectivity index (χ3n) is 4.56. The number of carbonyl (C=O) groups excluding carboxylic acids is 1. The number of hydrogen-bond donors (Lipinski definition) is 0. The van der Waals surface area contributed by atoms with Crippen LogP contribution >= 0.6 is 0 Å². The number of hydrogen-bond acceptors (Lipinski definition) is 3. The minimum Gasteiger partial charge on any atom is -0.460 e. The monoisotopic (exact) mass is 324 g/mol. The largest absolute Gasteiger partial charge is 0.460 e. The molecular formula is C19H37BO3. The molecule has 0 aromatic rings. The molecule has 0 aromatic carbocycles. The Morgan fingerprint density at radius 3 is 2.22 bits per heavy atom. The Labute approximate surface area is 144 Å². The van der Waals surface area contributed by atoms with Crippen LogP contribution in [0.15, 0.2) is 0 Å². The molecule has 1 fully saturated rings. The summed E-state index contributed by atoms with van der Waals surface area (Å²) in [6.07, 6.45) is 12.8. The van der Waals surface area contributed by atoms with Crippen molar-refractivity contribution >= 4 is 13.8 Å². The zero-order chi connectivity index (χ0) is 17.3. The molecule has 1 unspecified atom stereocenters. The third-order valence-corrected chi connectivity index (χ3v) is 4.56. The van der Waals surface area contributed by atoms with E-state index in [4.69, 9.17) is 9.47 Å². The van der Waals surface area contributed by atoms with Crippen molar-refractivity contribution in [3.05, 3.63) is 0 Å². The average Bonchev–Trinajstić information content (AvgIpc) is 2.38. The van der Waals surface area contributed by atoms with Crippen LogP contribution in [0.25, 0.3) is 0 Å². The Morgan fingerprint density at radius 1 is 1.09 bits per heavy atom. The van der Waals surface area contributed by atoms with Crippen LogP contribution in [0.4, 0.5) is 0 Å². The molecular weight excluding hydrogens is 287 g/mol. The summed E-state index contributed by atoms with van der Waals surface area (Å²) in [5.74, 6) is -0.0851. The van der Waals surface area contributed by atoms with E-state index in [0.29, 0.717) is 6.42 Å². The number of esters is 1. The van der Waals surface area contributed by atoms with Crippen LogP contribution in [0.3, 0.4) is 0 Å². The van der Waals surface area contributed by atoms with Gasteiger partial charge in [0, 0.05) is 11.9 Å². The van der Waals surface area contributed by atoms with Gasteiger partial charge in [-0.25, -0.2) is 0 Å². The fraction of sp³-hybridized carbons (Fsp3) is 0.947. The lowest BCUT2D eigenvalue weighted by Crippen LogP contribution is -2.37. The van der Waals surface area contributed by atoms with Gasteiger partial charge in [-0.05, 0) is 53.4 Å². The number of carbonyl (C=O) groups is 1. The average molecular weight is 324 g/mol. The molecule has 1 atom stereocenters. The molecule has 1 saturated carbocycles. The second-order valence-corrected chi connectivity index (χ2v) is 8.48. The van der Waals surface area contributed by atoms with E-state index in [0.717, 1.165) is 19.3 Å². The number of ether oxygens (including phenoxy) is 2. The Kier molecular flexibility index (Phi) is 8.67. The maximum Gasteiger partial charge on any atom is 0.306 e. The zero-order valence-corrected chi connectivity index (χ0v) is 16.1. The molecule has 0 spiro atoms. The maximum absolute atomic E-state index is 11.7. The summed E-state index contributed by atoms with van der Waals surface area (Å²) in [5.41, 5.74) is -0.314. The lowest BCUT2D eigenvalue weighted by molar-refractivity contribution is -0.155. The van der Waals surface area contributed by atoms with Gasteiger partial charge in [-0.2, -0.15) is 0 Å². The van der Waals surface area contributed by atoms with Gasteiger partial charge in [0.05, 0.1) is 6.10 Å². The van der Waals surface area contributed by atoms with Crippen LogP contribution in [-0.4, -0.2) is 31.0 Å². The smallest absolute Gasteiger partial charge is 0.306 e. The van der Waals surface area contributed by atoms with Gasteiger partial charge in [-0.15, -0.1) is 0 Å². The van der Waals surface area contributed by atoms with E-state index in [1.54, 1.807) is 0 Å². The van der Waals surface area contributed by atoms with E-state index in [1.165, 1.54) is 44.9 Å². The first-order chi connectivity index (χ1) is 10.7. The highest BCUT2D eigenvalue weighted by Crippen LogP contribution is 2.29. The molecule has 1 aliphatic carbocycles. The van der Waals surface area contributed by atoms with Crippen molar-refractivity contribution < 1.29 is 14.3 Å². The molecule has 0 radical (unpaired) electrons. The van der Waals surface area contributed by atoms with Gasteiger partial charge in [-0.1, -0.05) is 38.5 Å². The van der Waals surface area contributed by atoms with Gasteiger partial charge in [0.1, 0.15) is 13.4 Å². The SMILES string of the molecule is BC1(OC(C)CCCCC(=O)OC(C)(C)C)CCCCCCC1. The van der Waals surface area contributed by atoms with Crippen molar-refractivity contribution in [2.75, 3.05) is 0 Å². The molecule has 4 heteroatoms. The molecule has 23 heavy (non-hydrogen) atoms. The molecule has 0 aromatic heterocycles. The number of rotatable bonds is 7. The maximum atomic E-state index is 11.7. The fourth-order valence-corrected chi connectivity index (χ4v) is 3.41. The van der Waals surface area contributed by atoms with Crippen molar-refractivity contribution in [1.29, 1.82) is 0 Å². The van der Waals surface area contributed by atoms with Crippen LogP contribution in [0, 0.1) is 0 Å². The van der Waals surface area contributed by atoms with E-state index in [1.807, 2.05) is 20.8 Å². The summed E-state index contributed by atoms with van der Waals surface area (Å²) >= 11 is 0. The summed E-state index contributed by atoms with van der Waals surface area (Å²) in [4.78, 5) is 11.7. The molecule has 3 nitrogen and oxygen atoms in total. The first-order valence-corrected chi connectivity index (χ1v) is 9.60. The highest BCUT2D eigenvalue weighted by Gasteiger charge is 2.27. The van der Waals surface area contributed by atoms with Gasteiger partial charge in [0.25, 0.3) is 0 Å². The van der Waals surface area contributed by atoms with Crippen LogP contribution in [-0.2, 0) is 14.3 Å². The van der Waals surface area contributed by atoms with Gasteiger partial charge in [-0.3, -0.25) is 4.79 Å². The molecule has 134 valence electrons. The summed E-state index contributed by atoms with van der Waals surface area (Å²) in [5, 5.41) is 0. The quantitative estimate of drug-likeness (QED) is 0.396. The molecule has 0 saturated heterocycles. The van der Waals surface area contributed by atoms with Crippen molar-refractivity contribution in [1.82, 2.24) is 0 Å². The van der Waals surface area contributed by atoms with Gasteiger partial charge >= 0.3 is 5.97 Å². The fourth-order valence-electron chi connectivity index (χ4n) is 3.41. The number of unbranched alkanes of at least 4 members (excludes halogenated alkanes) is 1. The lowest BCUT2D eigenvalue weighted by atomic mass is 9.72. The molecule has 0 bridgehead atoms. The summed E-state index contributed by atoms with van der Waals surface area (Å²) in [6, 6.07) is 0. The van der Waals surface area contributed by atoms with Crippen LogP contribution in [0.1, 0.15) is 98.3 Å². The van der Waals surface area contributed by atoms with Crippen molar-refractivity contribution in [2.24, 2.45) is 0 Å². The second-order valence-electron chi connectivity index (χ2n) is 8.48. The molecule has 0 N–H and O–H groups in total.